The Hall–Kier alpha value is -2.84. The largest absolute Gasteiger partial charge is 0.350 e. The summed E-state index contributed by atoms with van der Waals surface area (Å²) in [7, 11) is 2.21. The predicted octanol–water partition coefficient (Wildman–Crippen LogP) is 4.25. The Bertz CT molecular complexity index is 1290. The fourth-order valence-electron chi connectivity index (χ4n) is 5.86. The summed E-state index contributed by atoms with van der Waals surface area (Å²) in [6.07, 6.45) is 8.20. The molecule has 0 radical (unpaired) electrons. The van der Waals surface area contributed by atoms with Crippen LogP contribution in [-0.4, -0.2) is 80.4 Å². The number of fused-ring (bicyclic) bond motifs is 2. The summed E-state index contributed by atoms with van der Waals surface area (Å²) in [5.74, 6) is 1.99. The van der Waals surface area contributed by atoms with Crippen LogP contribution in [0.5, 0.6) is 0 Å². The van der Waals surface area contributed by atoms with Crippen molar-refractivity contribution in [2.45, 2.75) is 58.0 Å². The minimum absolute atomic E-state index is 0. The first-order chi connectivity index (χ1) is 16.8. The summed E-state index contributed by atoms with van der Waals surface area (Å²) in [5.41, 5.74) is 5.43. The van der Waals surface area contributed by atoms with Crippen molar-refractivity contribution < 1.29 is 1.43 Å². The number of anilines is 1. The van der Waals surface area contributed by atoms with E-state index in [-0.39, 0.29) is 6.84 Å². The fraction of sp³-hybridized carbons (Fsp3) is 0.556. The molecule has 35 heavy (non-hydrogen) atoms. The second-order valence-corrected chi connectivity index (χ2v) is 11.1. The summed E-state index contributed by atoms with van der Waals surface area (Å²) in [5, 5.41) is 8.31. The van der Waals surface area contributed by atoms with E-state index in [1.807, 2.05) is 23.1 Å². The highest BCUT2D eigenvalue weighted by molar-refractivity contribution is 6.00. The van der Waals surface area contributed by atoms with E-state index in [4.69, 9.17) is 15.1 Å². The second kappa shape index (κ2) is 8.38. The van der Waals surface area contributed by atoms with E-state index >= 15 is 0 Å². The molecule has 0 aromatic carbocycles. The zero-order valence-electron chi connectivity index (χ0n) is 21.5. The van der Waals surface area contributed by atoms with Gasteiger partial charge in [-0.2, -0.15) is 0 Å². The van der Waals surface area contributed by atoms with Gasteiger partial charge in [0.15, 0.2) is 5.82 Å². The second-order valence-electron chi connectivity index (χ2n) is 11.1. The van der Waals surface area contributed by atoms with Crippen molar-refractivity contribution >= 4 is 23.0 Å². The van der Waals surface area contributed by atoms with Crippen LogP contribution in [0.4, 0.5) is 11.8 Å². The third-order valence-electron chi connectivity index (χ3n) is 8.83. The average Bonchev–Trinajstić information content (AvgIpc) is 3.35. The lowest BCUT2D eigenvalue weighted by molar-refractivity contribution is 0.0656. The van der Waals surface area contributed by atoms with Crippen molar-refractivity contribution in [3.63, 3.8) is 0 Å². The maximum absolute atomic E-state index is 4.76. The zero-order chi connectivity index (χ0) is 24.3. The molecule has 186 valence electrons. The van der Waals surface area contributed by atoms with Gasteiger partial charge in [-0.15, -0.1) is 5.10 Å². The van der Waals surface area contributed by atoms with Gasteiger partial charge in [0.2, 0.25) is 5.95 Å². The lowest BCUT2D eigenvalue weighted by atomic mass is 9.71. The average molecular weight is 475 g/mol. The quantitative estimate of drug-likeness (QED) is 0.596. The lowest BCUT2D eigenvalue weighted by Crippen LogP contribution is -2.55. The summed E-state index contributed by atoms with van der Waals surface area (Å²) < 4.78 is 1.93. The van der Waals surface area contributed by atoms with Crippen LogP contribution in [0.2, 0.25) is 0 Å². The summed E-state index contributed by atoms with van der Waals surface area (Å²) in [6, 6.07) is 5.51. The number of aliphatic imine (C=N–C) groups is 1. The minimum atomic E-state index is -0.0910. The zero-order valence-corrected chi connectivity index (χ0v) is 21.5. The number of rotatable bonds is 5. The minimum Gasteiger partial charge on any atom is -0.350 e. The normalized spacial score (nSPS) is 27.2. The first-order valence-corrected chi connectivity index (χ1v) is 12.9. The molecule has 1 aliphatic carbocycles. The molecule has 3 aromatic rings. The first-order valence-electron chi connectivity index (χ1n) is 12.9. The molecule has 0 amide bonds. The van der Waals surface area contributed by atoms with Crippen molar-refractivity contribution in [1.29, 1.82) is 0 Å². The molecule has 1 atom stereocenters. The van der Waals surface area contributed by atoms with Crippen molar-refractivity contribution in [3.8, 4) is 11.1 Å². The fourth-order valence-corrected chi connectivity index (χ4v) is 5.86. The third-order valence-corrected chi connectivity index (χ3v) is 8.83. The van der Waals surface area contributed by atoms with Crippen molar-refractivity contribution in [1.82, 2.24) is 29.4 Å². The van der Waals surface area contributed by atoms with Crippen LogP contribution < -0.4 is 5.32 Å². The number of hydrogen-bond donors (Lipinski definition) is 1. The Morgan fingerprint density at radius 1 is 1.11 bits per heavy atom. The van der Waals surface area contributed by atoms with E-state index in [1.165, 1.54) is 44.6 Å². The van der Waals surface area contributed by atoms with E-state index in [2.05, 4.69) is 67.0 Å². The molecule has 8 nitrogen and oxygen atoms in total. The molecule has 0 bridgehead atoms. The Balaban J connectivity index is 0.00000267. The van der Waals surface area contributed by atoms with Crippen LogP contribution in [-0.2, 0) is 5.41 Å². The van der Waals surface area contributed by atoms with Crippen LogP contribution in [0.3, 0.4) is 0 Å². The molecule has 1 saturated carbocycles. The van der Waals surface area contributed by atoms with Gasteiger partial charge >= 0.3 is 0 Å². The SMILES string of the molecule is CC1=Nc2ncc(-c3ccn4nc(NC5CC(N6CCN(C)CC6)C5)ncc34)cc2C1(C)C(C)C.[HH]. The van der Waals surface area contributed by atoms with Gasteiger partial charge < -0.3 is 10.2 Å². The van der Waals surface area contributed by atoms with Crippen molar-refractivity contribution in [2.24, 2.45) is 10.9 Å². The number of aromatic nitrogens is 4. The van der Waals surface area contributed by atoms with Crippen LogP contribution >= 0.6 is 0 Å². The number of nitrogens with zero attached hydrogens (tertiary/aromatic N) is 7. The van der Waals surface area contributed by atoms with E-state index in [1.54, 1.807) is 0 Å². The summed E-state index contributed by atoms with van der Waals surface area (Å²) >= 11 is 0. The number of nitrogens with one attached hydrogen (secondary N) is 1. The van der Waals surface area contributed by atoms with Crippen LogP contribution in [0.15, 0.2) is 35.7 Å². The highest BCUT2D eigenvalue weighted by Crippen LogP contribution is 2.45. The third kappa shape index (κ3) is 3.74. The van der Waals surface area contributed by atoms with Crippen molar-refractivity contribution in [2.75, 3.05) is 38.5 Å². The molecule has 2 aliphatic heterocycles. The Morgan fingerprint density at radius 3 is 2.63 bits per heavy atom. The van der Waals surface area contributed by atoms with Crippen LogP contribution in [0.25, 0.3) is 16.6 Å². The smallest absolute Gasteiger partial charge is 0.241 e. The van der Waals surface area contributed by atoms with Gasteiger partial charge in [-0.05, 0) is 51.8 Å². The number of pyridine rings is 1. The van der Waals surface area contributed by atoms with Crippen molar-refractivity contribution in [3.05, 3.63) is 36.3 Å². The Kier molecular flexibility index (Phi) is 5.41. The molecule has 1 unspecified atom stereocenters. The van der Waals surface area contributed by atoms with Crippen LogP contribution in [0.1, 0.15) is 47.5 Å². The highest BCUT2D eigenvalue weighted by atomic mass is 15.3. The Morgan fingerprint density at radius 2 is 1.89 bits per heavy atom. The van der Waals surface area contributed by atoms with E-state index in [0.717, 1.165) is 28.2 Å². The molecule has 6 rings (SSSR count). The van der Waals surface area contributed by atoms with Gasteiger partial charge in [0.1, 0.15) is 0 Å². The molecule has 3 aromatic heterocycles. The molecular weight excluding hydrogens is 436 g/mol. The van der Waals surface area contributed by atoms with Gasteiger partial charge in [-0.1, -0.05) is 13.8 Å². The monoisotopic (exact) mass is 474 g/mol. The van der Waals surface area contributed by atoms with E-state index in [9.17, 15) is 0 Å². The maximum Gasteiger partial charge on any atom is 0.241 e. The first kappa shape index (κ1) is 22.6. The van der Waals surface area contributed by atoms with Gasteiger partial charge in [0.05, 0.1) is 11.7 Å². The molecule has 0 spiro atoms. The summed E-state index contributed by atoms with van der Waals surface area (Å²) in [6.45, 7) is 13.6. The maximum atomic E-state index is 4.76. The van der Waals surface area contributed by atoms with Crippen LogP contribution in [0, 0.1) is 5.92 Å². The molecule has 5 heterocycles. The number of piperazine rings is 1. The van der Waals surface area contributed by atoms with E-state index in [0.29, 0.717) is 23.9 Å². The number of hydrogen-bond acceptors (Lipinski definition) is 7. The molecular formula is C27H38N8. The van der Waals surface area contributed by atoms with Gasteiger partial charge in [-0.25, -0.2) is 19.5 Å². The molecule has 2 fully saturated rings. The molecule has 1 saturated heterocycles. The van der Waals surface area contributed by atoms with E-state index < -0.39 is 0 Å². The molecule has 3 aliphatic rings. The Labute approximate surface area is 209 Å². The van der Waals surface area contributed by atoms with Gasteiger partial charge in [-0.3, -0.25) is 4.90 Å². The van der Waals surface area contributed by atoms with Gasteiger partial charge in [0.25, 0.3) is 0 Å². The standard InChI is InChI=1S/C27H36N8.H2/c1-17(2)27(4)18(3)30-25-23(27)12-19(15-28-25)22-6-7-35-24(22)16-29-26(32-35)31-20-13-21(14-20)34-10-8-33(5)9-11-34;/h6-7,12,15-17,20-21H,8-11,13-14H2,1-5H3,(H,31,32);1H. The predicted molar refractivity (Wildman–Crippen MR) is 143 cm³/mol. The van der Waals surface area contributed by atoms with Gasteiger partial charge in [0, 0.05) is 79.9 Å². The molecule has 8 heteroatoms. The molecule has 1 N–H and O–H groups in total. The number of likely N-dealkylation sites (N-methyl/N-ethyl adjacent to an activating group) is 1. The topological polar surface area (TPSA) is 74.0 Å². The summed E-state index contributed by atoms with van der Waals surface area (Å²) in [4.78, 5) is 19.2. The lowest BCUT2D eigenvalue weighted by Gasteiger charge is -2.46. The highest BCUT2D eigenvalue weighted by Gasteiger charge is 2.40.